The lowest BCUT2D eigenvalue weighted by atomic mass is 9.89. The Balaban J connectivity index is 3.44. The van der Waals surface area contributed by atoms with Crippen molar-refractivity contribution in [3.05, 3.63) is 41.8 Å². The molecule has 3 atom stereocenters. The summed E-state index contributed by atoms with van der Waals surface area (Å²) in [6.07, 6.45) is 1.61. The minimum Gasteiger partial charge on any atom is -0.465 e. The van der Waals surface area contributed by atoms with Crippen LogP contribution in [-0.4, -0.2) is 43.0 Å². The Bertz CT molecular complexity index is 955. The summed E-state index contributed by atoms with van der Waals surface area (Å²) < 4.78 is 49.5. The standard InChI is InChI=1S/C21H34N2O5S2/c1-8-28-20(24)19(23-30(26,27)21(4,5)6)18(16(2)3)14-15-29(25,22-7)17-12-10-9-11-13-17/h9-16,18-19,23H,8H2,1-7H3/b15-14+/t18-,19-,29-/m0/s1. The number of rotatable bonds is 9. The van der Waals surface area contributed by atoms with Crippen molar-refractivity contribution in [2.75, 3.05) is 13.7 Å². The lowest BCUT2D eigenvalue weighted by molar-refractivity contribution is -0.146. The lowest BCUT2D eigenvalue weighted by Crippen LogP contribution is -2.52. The Kier molecular flexibility index (Phi) is 9.25. The predicted octanol–water partition coefficient (Wildman–Crippen LogP) is 3.58. The third-order valence-corrected chi connectivity index (χ3v) is 8.81. The molecule has 1 aromatic carbocycles. The van der Waals surface area contributed by atoms with E-state index in [1.807, 2.05) is 19.9 Å². The number of carbonyl (C=O) groups is 1. The summed E-state index contributed by atoms with van der Waals surface area (Å²) in [5.41, 5.74) is 0. The molecule has 0 radical (unpaired) electrons. The second-order valence-electron chi connectivity index (χ2n) is 8.18. The molecule has 0 spiro atoms. The van der Waals surface area contributed by atoms with Gasteiger partial charge in [-0.3, -0.25) is 4.79 Å². The number of nitrogens with zero attached hydrogens (tertiary/aromatic N) is 1. The number of hydrogen-bond acceptors (Lipinski definition) is 6. The van der Waals surface area contributed by atoms with E-state index in [-0.39, 0.29) is 12.5 Å². The third-order valence-electron chi connectivity index (χ3n) is 4.62. The predicted molar refractivity (Wildman–Crippen MR) is 121 cm³/mol. The average Bonchev–Trinajstić information content (AvgIpc) is 2.66. The van der Waals surface area contributed by atoms with Gasteiger partial charge in [-0.25, -0.2) is 17.0 Å². The number of carbonyl (C=O) groups excluding carboxylic acids is 1. The zero-order valence-electron chi connectivity index (χ0n) is 18.8. The fourth-order valence-electron chi connectivity index (χ4n) is 2.64. The van der Waals surface area contributed by atoms with Crippen molar-refractivity contribution < 1.29 is 22.2 Å². The van der Waals surface area contributed by atoms with Crippen molar-refractivity contribution in [3.63, 3.8) is 0 Å². The molecular formula is C21H34N2O5S2. The number of hydrogen-bond donors (Lipinski definition) is 1. The summed E-state index contributed by atoms with van der Waals surface area (Å²) in [5.74, 6) is -1.41. The second-order valence-corrected chi connectivity index (χ2v) is 12.9. The van der Waals surface area contributed by atoms with Gasteiger partial charge in [0, 0.05) is 18.4 Å². The maximum atomic E-state index is 13.3. The monoisotopic (exact) mass is 458 g/mol. The van der Waals surface area contributed by atoms with E-state index in [1.54, 1.807) is 58.0 Å². The van der Waals surface area contributed by atoms with Crippen molar-refractivity contribution >= 4 is 25.7 Å². The Morgan fingerprint density at radius 2 is 1.73 bits per heavy atom. The van der Waals surface area contributed by atoms with Crippen LogP contribution >= 0.6 is 0 Å². The van der Waals surface area contributed by atoms with Crippen LogP contribution in [0, 0.1) is 11.8 Å². The molecule has 9 heteroatoms. The van der Waals surface area contributed by atoms with Gasteiger partial charge >= 0.3 is 5.97 Å². The minimum atomic E-state index is -3.83. The van der Waals surface area contributed by atoms with Crippen LogP contribution in [0.4, 0.5) is 0 Å². The smallest absolute Gasteiger partial charge is 0.324 e. The highest BCUT2D eigenvalue weighted by molar-refractivity contribution is 7.96. The van der Waals surface area contributed by atoms with Crippen LogP contribution < -0.4 is 4.72 Å². The van der Waals surface area contributed by atoms with Gasteiger partial charge in [0.15, 0.2) is 0 Å². The van der Waals surface area contributed by atoms with Crippen molar-refractivity contribution in [1.29, 1.82) is 0 Å². The van der Waals surface area contributed by atoms with E-state index < -0.39 is 42.4 Å². The van der Waals surface area contributed by atoms with E-state index >= 15 is 0 Å². The number of nitrogens with one attached hydrogen (secondary N) is 1. The summed E-state index contributed by atoms with van der Waals surface area (Å²) in [7, 11) is -5.23. The van der Waals surface area contributed by atoms with Gasteiger partial charge in [0.05, 0.1) is 26.0 Å². The molecule has 1 N–H and O–H groups in total. The fraction of sp³-hybridized carbons (Fsp3) is 0.571. The molecule has 0 saturated heterocycles. The van der Waals surface area contributed by atoms with E-state index in [9.17, 15) is 17.4 Å². The van der Waals surface area contributed by atoms with E-state index in [2.05, 4.69) is 9.08 Å². The van der Waals surface area contributed by atoms with Gasteiger partial charge in [0.1, 0.15) is 6.04 Å². The summed E-state index contributed by atoms with van der Waals surface area (Å²) >= 11 is 0. The van der Waals surface area contributed by atoms with E-state index in [1.165, 1.54) is 12.5 Å². The Labute approximate surface area is 181 Å². The van der Waals surface area contributed by atoms with Crippen molar-refractivity contribution in [2.45, 2.75) is 57.2 Å². The second kappa shape index (κ2) is 10.5. The van der Waals surface area contributed by atoms with Gasteiger partial charge in [-0.15, -0.1) is 0 Å². The van der Waals surface area contributed by atoms with E-state index in [4.69, 9.17) is 4.74 Å². The molecule has 0 aliphatic rings. The molecule has 0 aliphatic carbocycles. The zero-order valence-corrected chi connectivity index (χ0v) is 20.4. The van der Waals surface area contributed by atoms with Crippen LogP contribution in [0.5, 0.6) is 0 Å². The number of benzene rings is 1. The van der Waals surface area contributed by atoms with Gasteiger partial charge < -0.3 is 4.74 Å². The van der Waals surface area contributed by atoms with Gasteiger partial charge in [0.2, 0.25) is 10.0 Å². The van der Waals surface area contributed by atoms with Gasteiger partial charge in [-0.05, 0) is 45.7 Å². The first kappa shape index (κ1) is 26.3. The van der Waals surface area contributed by atoms with Gasteiger partial charge in [-0.2, -0.15) is 4.72 Å². The van der Waals surface area contributed by atoms with Crippen LogP contribution in [0.3, 0.4) is 0 Å². The van der Waals surface area contributed by atoms with Gasteiger partial charge in [-0.1, -0.05) is 38.1 Å². The first-order valence-corrected chi connectivity index (χ1v) is 12.9. The average molecular weight is 459 g/mol. The van der Waals surface area contributed by atoms with E-state index in [0.717, 1.165) is 0 Å². The number of esters is 1. The molecule has 170 valence electrons. The van der Waals surface area contributed by atoms with Gasteiger partial charge in [0.25, 0.3) is 0 Å². The molecule has 30 heavy (non-hydrogen) atoms. The minimum absolute atomic E-state index is 0.117. The summed E-state index contributed by atoms with van der Waals surface area (Å²) in [5, 5.41) is 1.46. The SMILES string of the molecule is CCOC(=O)[C@@H](NS(=O)(=O)C(C)(C)C)[C@@H](/C=C/[S@@](=O)(=NC)c1ccccc1)C(C)C. The number of ether oxygens (including phenoxy) is 1. The first-order valence-electron chi connectivity index (χ1n) is 9.86. The molecule has 1 aromatic rings. The third kappa shape index (κ3) is 6.65. The molecule has 0 heterocycles. The van der Waals surface area contributed by atoms with Crippen molar-refractivity contribution in [3.8, 4) is 0 Å². The summed E-state index contributed by atoms with van der Waals surface area (Å²) in [6.45, 7) is 10.2. The number of sulfonamides is 1. The largest absolute Gasteiger partial charge is 0.465 e. The zero-order chi connectivity index (χ0) is 23.2. The topological polar surface area (TPSA) is 102 Å². The highest BCUT2D eigenvalue weighted by Gasteiger charge is 2.38. The molecule has 7 nitrogen and oxygen atoms in total. The van der Waals surface area contributed by atoms with E-state index in [0.29, 0.717) is 4.90 Å². The van der Waals surface area contributed by atoms with Crippen LogP contribution in [0.25, 0.3) is 0 Å². The highest BCUT2D eigenvalue weighted by Crippen LogP contribution is 2.24. The van der Waals surface area contributed by atoms with Crippen molar-refractivity contribution in [1.82, 2.24) is 4.72 Å². The maximum Gasteiger partial charge on any atom is 0.324 e. The maximum absolute atomic E-state index is 13.3. The quantitative estimate of drug-likeness (QED) is 0.570. The first-order chi connectivity index (χ1) is 13.8. The molecule has 0 aliphatic heterocycles. The van der Waals surface area contributed by atoms with Crippen LogP contribution in [-0.2, 0) is 29.3 Å². The molecule has 0 amide bonds. The highest BCUT2D eigenvalue weighted by atomic mass is 32.2. The van der Waals surface area contributed by atoms with Crippen molar-refractivity contribution in [2.24, 2.45) is 16.2 Å². The lowest BCUT2D eigenvalue weighted by Gasteiger charge is -2.30. The molecule has 0 fully saturated rings. The molecule has 0 unspecified atom stereocenters. The Morgan fingerprint density at radius 3 is 2.17 bits per heavy atom. The molecule has 0 aromatic heterocycles. The van der Waals surface area contributed by atoms with Crippen LogP contribution in [0.15, 0.2) is 51.1 Å². The Morgan fingerprint density at radius 1 is 1.17 bits per heavy atom. The van der Waals surface area contributed by atoms with Crippen LogP contribution in [0.1, 0.15) is 41.5 Å². The fourth-order valence-corrected chi connectivity index (χ4v) is 5.01. The summed E-state index contributed by atoms with van der Waals surface area (Å²) in [6, 6.07) is 7.64. The summed E-state index contributed by atoms with van der Waals surface area (Å²) in [4.78, 5) is 13.2. The molecular weight excluding hydrogens is 424 g/mol. The Hall–Kier alpha value is -1.71. The normalized spacial score (nSPS) is 16.8. The van der Waals surface area contributed by atoms with Crippen LogP contribution in [0.2, 0.25) is 0 Å². The molecule has 0 bridgehead atoms. The molecule has 1 rings (SSSR count). The molecule has 0 saturated carbocycles.